The zero-order valence-electron chi connectivity index (χ0n) is 9.67. The van der Waals surface area contributed by atoms with Crippen molar-refractivity contribution in [3.05, 3.63) is 40.5 Å². The van der Waals surface area contributed by atoms with Gasteiger partial charge in [0.05, 0.1) is 5.57 Å². The Bertz CT molecular complexity index is 461. The van der Waals surface area contributed by atoms with Crippen molar-refractivity contribution in [2.24, 2.45) is 0 Å². The lowest BCUT2D eigenvalue weighted by atomic mass is 10.0. The average Bonchev–Trinajstić information content (AvgIpc) is 2.59. The Kier molecular flexibility index (Phi) is 4.06. The summed E-state index contributed by atoms with van der Waals surface area (Å²) in [5, 5.41) is 13.4. The Balaban J connectivity index is 2.38. The molecular weight excluding hydrogens is 232 g/mol. The summed E-state index contributed by atoms with van der Waals surface area (Å²) in [5.41, 5.74) is 2.70. The molecule has 1 aromatic carbocycles. The van der Waals surface area contributed by atoms with Crippen LogP contribution in [0.5, 0.6) is 0 Å². The molecule has 0 atom stereocenters. The Labute approximate surface area is 107 Å². The molecule has 1 heterocycles. The van der Waals surface area contributed by atoms with Crippen LogP contribution in [-0.4, -0.2) is 6.54 Å². The summed E-state index contributed by atoms with van der Waals surface area (Å²) in [6.07, 6.45) is 4.51. The summed E-state index contributed by atoms with van der Waals surface area (Å²) in [4.78, 5) is 0. The second kappa shape index (κ2) is 5.75. The van der Waals surface area contributed by atoms with Gasteiger partial charge in [-0.2, -0.15) is 5.26 Å². The van der Waals surface area contributed by atoms with E-state index in [0.717, 1.165) is 36.2 Å². The highest BCUT2D eigenvalue weighted by Crippen LogP contribution is 2.24. The third-order valence-electron chi connectivity index (χ3n) is 2.97. The van der Waals surface area contributed by atoms with Gasteiger partial charge in [0.1, 0.15) is 6.07 Å². The van der Waals surface area contributed by atoms with Gasteiger partial charge in [0.2, 0.25) is 0 Å². The van der Waals surface area contributed by atoms with Crippen LogP contribution in [0.3, 0.4) is 0 Å². The molecule has 1 fully saturated rings. The van der Waals surface area contributed by atoms with Crippen LogP contribution in [0, 0.1) is 11.3 Å². The minimum absolute atomic E-state index is 0.671. The van der Waals surface area contributed by atoms with Gasteiger partial charge in [-0.1, -0.05) is 30.2 Å². The van der Waals surface area contributed by atoms with E-state index in [0.29, 0.717) is 5.02 Å². The molecule has 1 saturated heterocycles. The van der Waals surface area contributed by atoms with E-state index in [1.807, 2.05) is 24.3 Å². The SMILES string of the molecule is N#C/C(=C1/CCCCCN1)c1cccc(Cl)c1. The predicted octanol–water partition coefficient (Wildman–Crippen LogP) is 3.74. The molecule has 0 saturated carbocycles. The zero-order valence-corrected chi connectivity index (χ0v) is 10.4. The Morgan fingerprint density at radius 1 is 1.29 bits per heavy atom. The smallest absolute Gasteiger partial charge is 0.102 e. The fourth-order valence-electron chi connectivity index (χ4n) is 2.09. The second-order valence-corrected chi connectivity index (χ2v) is 4.65. The van der Waals surface area contributed by atoms with Gasteiger partial charge in [-0.05, 0) is 37.0 Å². The van der Waals surface area contributed by atoms with Gasteiger partial charge in [-0.15, -0.1) is 0 Å². The minimum atomic E-state index is 0.671. The van der Waals surface area contributed by atoms with Gasteiger partial charge in [-0.3, -0.25) is 0 Å². The standard InChI is InChI=1S/C14H15ClN2/c15-12-6-4-5-11(9-12)13(10-16)14-7-2-1-3-8-17-14/h4-6,9,17H,1-3,7-8H2/b14-13+. The first-order valence-corrected chi connectivity index (χ1v) is 6.32. The van der Waals surface area contributed by atoms with Gasteiger partial charge in [0, 0.05) is 17.3 Å². The first-order valence-electron chi connectivity index (χ1n) is 5.94. The van der Waals surface area contributed by atoms with Gasteiger partial charge in [-0.25, -0.2) is 0 Å². The number of nitriles is 1. The third-order valence-corrected chi connectivity index (χ3v) is 3.20. The van der Waals surface area contributed by atoms with Gasteiger partial charge >= 0.3 is 0 Å². The minimum Gasteiger partial charge on any atom is -0.387 e. The number of hydrogen-bond donors (Lipinski definition) is 1. The molecule has 2 nitrogen and oxygen atoms in total. The van der Waals surface area contributed by atoms with E-state index in [4.69, 9.17) is 11.6 Å². The number of nitrogens with zero attached hydrogens (tertiary/aromatic N) is 1. The lowest BCUT2D eigenvalue weighted by Gasteiger charge is -2.10. The zero-order chi connectivity index (χ0) is 12.1. The van der Waals surface area contributed by atoms with Crippen LogP contribution in [0.4, 0.5) is 0 Å². The summed E-state index contributed by atoms with van der Waals surface area (Å²) < 4.78 is 0. The van der Waals surface area contributed by atoms with E-state index in [9.17, 15) is 5.26 Å². The molecule has 0 aromatic heterocycles. The van der Waals surface area contributed by atoms with Gasteiger partial charge < -0.3 is 5.32 Å². The highest BCUT2D eigenvalue weighted by atomic mass is 35.5. The van der Waals surface area contributed by atoms with Gasteiger partial charge in [0.25, 0.3) is 0 Å². The van der Waals surface area contributed by atoms with Crippen molar-refractivity contribution in [3.8, 4) is 6.07 Å². The van der Waals surface area contributed by atoms with Crippen LogP contribution in [0.25, 0.3) is 5.57 Å². The maximum atomic E-state index is 9.32. The lowest BCUT2D eigenvalue weighted by Crippen LogP contribution is -2.13. The summed E-state index contributed by atoms with van der Waals surface area (Å²) in [7, 11) is 0. The van der Waals surface area contributed by atoms with E-state index < -0.39 is 0 Å². The van der Waals surface area contributed by atoms with Crippen molar-refractivity contribution in [2.45, 2.75) is 25.7 Å². The molecule has 0 spiro atoms. The molecule has 0 radical (unpaired) electrons. The fourth-order valence-corrected chi connectivity index (χ4v) is 2.29. The largest absolute Gasteiger partial charge is 0.387 e. The Morgan fingerprint density at radius 2 is 2.18 bits per heavy atom. The molecule has 17 heavy (non-hydrogen) atoms. The number of benzene rings is 1. The highest BCUT2D eigenvalue weighted by Gasteiger charge is 2.11. The molecule has 2 rings (SSSR count). The average molecular weight is 247 g/mol. The predicted molar refractivity (Wildman–Crippen MR) is 70.5 cm³/mol. The van der Waals surface area contributed by atoms with E-state index in [1.54, 1.807) is 0 Å². The number of rotatable bonds is 1. The van der Waals surface area contributed by atoms with E-state index in [2.05, 4.69) is 11.4 Å². The van der Waals surface area contributed by atoms with Gasteiger partial charge in [0.15, 0.2) is 0 Å². The van der Waals surface area contributed by atoms with Crippen molar-refractivity contribution in [1.82, 2.24) is 5.32 Å². The first-order chi connectivity index (χ1) is 8.31. The topological polar surface area (TPSA) is 35.8 Å². The molecular formula is C14H15ClN2. The molecule has 0 amide bonds. The van der Waals surface area contributed by atoms with E-state index in [1.165, 1.54) is 12.8 Å². The van der Waals surface area contributed by atoms with Crippen LogP contribution in [0.1, 0.15) is 31.2 Å². The second-order valence-electron chi connectivity index (χ2n) is 4.21. The molecule has 0 unspecified atom stereocenters. The molecule has 88 valence electrons. The summed E-state index contributed by atoms with van der Waals surface area (Å²) in [6, 6.07) is 9.79. The maximum absolute atomic E-state index is 9.32. The quantitative estimate of drug-likeness (QED) is 0.767. The van der Waals surface area contributed by atoms with Crippen molar-refractivity contribution in [2.75, 3.05) is 6.54 Å². The molecule has 1 N–H and O–H groups in total. The van der Waals surface area contributed by atoms with E-state index in [-0.39, 0.29) is 0 Å². The molecule has 1 aliphatic heterocycles. The maximum Gasteiger partial charge on any atom is 0.102 e. The number of hydrogen-bond acceptors (Lipinski definition) is 2. The van der Waals surface area contributed by atoms with Crippen LogP contribution in [0.15, 0.2) is 30.0 Å². The molecule has 3 heteroatoms. The number of allylic oxidation sites excluding steroid dienone is 2. The Hall–Kier alpha value is -1.46. The summed E-state index contributed by atoms with van der Waals surface area (Å²) in [5.74, 6) is 0. The summed E-state index contributed by atoms with van der Waals surface area (Å²) >= 11 is 5.96. The van der Waals surface area contributed by atoms with Crippen LogP contribution < -0.4 is 5.32 Å². The molecule has 1 aliphatic rings. The van der Waals surface area contributed by atoms with E-state index >= 15 is 0 Å². The van der Waals surface area contributed by atoms with Crippen molar-refractivity contribution in [3.63, 3.8) is 0 Å². The normalized spacial score (nSPS) is 18.8. The molecule has 1 aromatic rings. The van der Waals surface area contributed by atoms with Crippen molar-refractivity contribution >= 4 is 17.2 Å². The fraction of sp³-hybridized carbons (Fsp3) is 0.357. The first kappa shape index (κ1) is 12.0. The molecule has 0 aliphatic carbocycles. The van der Waals surface area contributed by atoms with Crippen molar-refractivity contribution in [1.29, 1.82) is 5.26 Å². The monoisotopic (exact) mass is 246 g/mol. The van der Waals surface area contributed by atoms with Crippen LogP contribution in [0.2, 0.25) is 5.02 Å². The highest BCUT2D eigenvalue weighted by molar-refractivity contribution is 6.30. The van der Waals surface area contributed by atoms with Crippen LogP contribution in [-0.2, 0) is 0 Å². The lowest BCUT2D eigenvalue weighted by molar-refractivity contribution is 0.721. The van der Waals surface area contributed by atoms with Crippen molar-refractivity contribution < 1.29 is 0 Å². The summed E-state index contributed by atoms with van der Waals surface area (Å²) in [6.45, 7) is 0.959. The molecule has 0 bridgehead atoms. The van der Waals surface area contributed by atoms with Crippen LogP contribution >= 0.6 is 11.6 Å². The Morgan fingerprint density at radius 3 is 2.94 bits per heavy atom. The third kappa shape index (κ3) is 3.01. The number of nitrogens with one attached hydrogen (secondary N) is 1. The number of halogens is 1.